The van der Waals surface area contributed by atoms with Gasteiger partial charge in [-0.1, -0.05) is 6.92 Å². The number of nitrogens with zero attached hydrogens (tertiary/aromatic N) is 1. The van der Waals surface area contributed by atoms with Crippen molar-refractivity contribution in [2.45, 2.75) is 13.3 Å². The second-order valence-corrected chi connectivity index (χ2v) is 5.28. The summed E-state index contributed by atoms with van der Waals surface area (Å²) < 4.78 is 11.5. The van der Waals surface area contributed by atoms with E-state index in [1.165, 1.54) is 6.21 Å². The summed E-state index contributed by atoms with van der Waals surface area (Å²) in [4.78, 5) is 11.9. The van der Waals surface area contributed by atoms with E-state index in [1.54, 1.807) is 30.3 Å². The number of nitrogens with one attached hydrogen (secondary N) is 1. The number of furan rings is 1. The van der Waals surface area contributed by atoms with E-state index in [9.17, 15) is 4.79 Å². The number of benzene rings is 1. The fraction of sp³-hybridized carbons (Fsp3) is 0.200. The molecule has 0 radical (unpaired) electrons. The second-order valence-electron chi connectivity index (χ2n) is 4.21. The van der Waals surface area contributed by atoms with Crippen molar-refractivity contribution >= 4 is 34.7 Å². The van der Waals surface area contributed by atoms with Gasteiger partial charge >= 0.3 is 0 Å². The Bertz CT molecular complexity index is 620. The zero-order valence-electron chi connectivity index (χ0n) is 11.5. The lowest BCUT2D eigenvalue weighted by molar-refractivity contribution is 0.0955. The van der Waals surface area contributed by atoms with Crippen LogP contribution >= 0.6 is 22.6 Å². The van der Waals surface area contributed by atoms with E-state index in [-0.39, 0.29) is 5.91 Å². The number of rotatable bonds is 6. The highest BCUT2D eigenvalue weighted by Gasteiger charge is 2.04. The summed E-state index contributed by atoms with van der Waals surface area (Å²) in [7, 11) is 0. The first-order valence-electron chi connectivity index (χ1n) is 6.50. The van der Waals surface area contributed by atoms with Crippen molar-refractivity contribution in [1.29, 1.82) is 0 Å². The zero-order valence-corrected chi connectivity index (χ0v) is 13.7. The summed E-state index contributed by atoms with van der Waals surface area (Å²) in [5, 5.41) is 3.85. The number of hydrogen-bond acceptors (Lipinski definition) is 4. The Hall–Kier alpha value is -1.83. The number of amides is 1. The molecule has 1 heterocycles. The lowest BCUT2D eigenvalue weighted by atomic mass is 10.2. The smallest absolute Gasteiger partial charge is 0.271 e. The molecule has 0 aliphatic rings. The zero-order chi connectivity index (χ0) is 15.1. The van der Waals surface area contributed by atoms with Crippen molar-refractivity contribution in [3.63, 3.8) is 0 Å². The van der Waals surface area contributed by atoms with Gasteiger partial charge in [-0.3, -0.25) is 4.79 Å². The number of halogens is 1. The third kappa shape index (κ3) is 4.89. The van der Waals surface area contributed by atoms with E-state index in [4.69, 9.17) is 9.15 Å². The van der Waals surface area contributed by atoms with Crippen LogP contribution in [0.4, 0.5) is 0 Å². The predicted octanol–water partition coefficient (Wildman–Crippen LogP) is 3.44. The number of carbonyl (C=O) groups is 1. The van der Waals surface area contributed by atoms with Crippen molar-refractivity contribution < 1.29 is 13.9 Å². The van der Waals surface area contributed by atoms with Gasteiger partial charge in [0.25, 0.3) is 5.91 Å². The molecule has 0 aliphatic heterocycles. The quantitative estimate of drug-likeness (QED) is 0.461. The van der Waals surface area contributed by atoms with Crippen LogP contribution < -0.4 is 10.2 Å². The van der Waals surface area contributed by atoms with Crippen LogP contribution in [0.15, 0.2) is 45.9 Å². The molecular weight excluding hydrogens is 383 g/mol. The molecule has 6 heteroatoms. The van der Waals surface area contributed by atoms with Crippen molar-refractivity contribution in [1.82, 2.24) is 5.43 Å². The Balaban J connectivity index is 1.89. The number of hydrazone groups is 1. The van der Waals surface area contributed by atoms with Gasteiger partial charge in [0.2, 0.25) is 0 Å². The van der Waals surface area contributed by atoms with E-state index in [2.05, 4.69) is 33.1 Å². The van der Waals surface area contributed by atoms with Crippen LogP contribution in [0.2, 0.25) is 0 Å². The van der Waals surface area contributed by atoms with Gasteiger partial charge in [0.05, 0.1) is 12.8 Å². The van der Waals surface area contributed by atoms with Crippen molar-refractivity contribution in [3.05, 3.63) is 51.5 Å². The average Bonchev–Trinajstić information content (AvgIpc) is 2.91. The van der Waals surface area contributed by atoms with Gasteiger partial charge in [-0.25, -0.2) is 5.43 Å². The van der Waals surface area contributed by atoms with E-state index in [0.29, 0.717) is 17.9 Å². The van der Waals surface area contributed by atoms with Crippen LogP contribution in [0.1, 0.15) is 29.5 Å². The standard InChI is InChI=1S/C15H15IN2O3/c1-2-9-20-12-5-3-11(4-6-12)15(19)18-17-10-13-7-8-14(16)21-13/h3-8,10H,2,9H2,1H3,(H,18,19)/b17-10+. The van der Waals surface area contributed by atoms with Gasteiger partial charge in [-0.2, -0.15) is 5.10 Å². The fourth-order valence-corrected chi connectivity index (χ4v) is 1.97. The third-order valence-electron chi connectivity index (χ3n) is 2.54. The molecule has 0 unspecified atom stereocenters. The van der Waals surface area contributed by atoms with Gasteiger partial charge in [0, 0.05) is 5.56 Å². The first-order valence-corrected chi connectivity index (χ1v) is 7.58. The lowest BCUT2D eigenvalue weighted by Gasteiger charge is -2.05. The van der Waals surface area contributed by atoms with Crippen molar-refractivity contribution in [3.8, 4) is 5.75 Å². The third-order valence-corrected chi connectivity index (χ3v) is 3.12. The maximum absolute atomic E-state index is 11.9. The summed E-state index contributed by atoms with van der Waals surface area (Å²) in [5.41, 5.74) is 2.97. The van der Waals surface area contributed by atoms with Crippen LogP contribution in [-0.4, -0.2) is 18.7 Å². The van der Waals surface area contributed by atoms with E-state index >= 15 is 0 Å². The molecule has 1 aromatic carbocycles. The van der Waals surface area contributed by atoms with E-state index in [0.717, 1.165) is 15.9 Å². The van der Waals surface area contributed by atoms with Gasteiger partial charge in [-0.15, -0.1) is 0 Å². The predicted molar refractivity (Wildman–Crippen MR) is 88.7 cm³/mol. The molecule has 0 spiro atoms. The topological polar surface area (TPSA) is 63.8 Å². The van der Waals surface area contributed by atoms with Crippen molar-refractivity contribution in [2.75, 3.05) is 6.61 Å². The molecule has 21 heavy (non-hydrogen) atoms. The van der Waals surface area contributed by atoms with Crippen molar-refractivity contribution in [2.24, 2.45) is 5.10 Å². The summed E-state index contributed by atoms with van der Waals surface area (Å²) in [6.07, 6.45) is 2.40. The number of ether oxygens (including phenoxy) is 1. The maximum Gasteiger partial charge on any atom is 0.271 e. The SMILES string of the molecule is CCCOc1ccc(C(=O)N/N=C/c2ccc(I)o2)cc1. The van der Waals surface area contributed by atoms with Gasteiger partial charge in [-0.05, 0) is 65.4 Å². The van der Waals surface area contributed by atoms with Crippen LogP contribution in [-0.2, 0) is 0 Å². The van der Waals surface area contributed by atoms with Crippen LogP contribution in [0.25, 0.3) is 0 Å². The first kappa shape index (κ1) is 15.6. The molecule has 2 rings (SSSR count). The Morgan fingerprint density at radius 3 is 2.71 bits per heavy atom. The molecule has 110 valence electrons. The van der Waals surface area contributed by atoms with Gasteiger partial charge < -0.3 is 9.15 Å². The van der Waals surface area contributed by atoms with Crippen LogP contribution in [0.3, 0.4) is 0 Å². The summed E-state index contributed by atoms with van der Waals surface area (Å²) in [6.45, 7) is 2.71. The minimum Gasteiger partial charge on any atom is -0.494 e. The highest BCUT2D eigenvalue weighted by molar-refractivity contribution is 14.1. The molecule has 1 aromatic heterocycles. The van der Waals surface area contributed by atoms with E-state index in [1.807, 2.05) is 13.0 Å². The molecule has 0 saturated heterocycles. The molecule has 0 atom stereocenters. The average molecular weight is 398 g/mol. The molecule has 0 aliphatic carbocycles. The molecule has 2 aromatic rings. The molecule has 1 amide bonds. The minimum atomic E-state index is -0.283. The molecule has 0 saturated carbocycles. The van der Waals surface area contributed by atoms with Crippen LogP contribution in [0, 0.1) is 3.77 Å². The maximum atomic E-state index is 11.9. The van der Waals surface area contributed by atoms with Crippen LogP contribution in [0.5, 0.6) is 5.75 Å². The molecule has 5 nitrogen and oxygen atoms in total. The fourth-order valence-electron chi connectivity index (χ4n) is 1.54. The lowest BCUT2D eigenvalue weighted by Crippen LogP contribution is -2.17. The Labute approximate surface area is 136 Å². The number of hydrogen-bond donors (Lipinski definition) is 1. The molecular formula is C15H15IN2O3. The van der Waals surface area contributed by atoms with Gasteiger partial charge in [0.15, 0.2) is 3.77 Å². The Morgan fingerprint density at radius 2 is 2.10 bits per heavy atom. The first-order chi connectivity index (χ1) is 10.2. The Morgan fingerprint density at radius 1 is 1.33 bits per heavy atom. The Kier molecular flexibility index (Phi) is 5.79. The van der Waals surface area contributed by atoms with E-state index < -0.39 is 0 Å². The normalized spacial score (nSPS) is 10.8. The second kappa shape index (κ2) is 7.82. The largest absolute Gasteiger partial charge is 0.494 e. The van der Waals surface area contributed by atoms with Gasteiger partial charge in [0.1, 0.15) is 11.5 Å². The summed E-state index contributed by atoms with van der Waals surface area (Å²) >= 11 is 2.06. The highest BCUT2D eigenvalue weighted by atomic mass is 127. The molecule has 0 bridgehead atoms. The monoisotopic (exact) mass is 398 g/mol. The minimum absolute atomic E-state index is 0.283. The summed E-state index contributed by atoms with van der Waals surface area (Å²) in [6, 6.07) is 10.5. The summed E-state index contributed by atoms with van der Waals surface area (Å²) in [5.74, 6) is 1.06. The molecule has 1 N–H and O–H groups in total. The number of carbonyl (C=O) groups excluding carboxylic acids is 1. The molecule has 0 fully saturated rings. The highest BCUT2D eigenvalue weighted by Crippen LogP contribution is 2.12.